The highest BCUT2D eigenvalue weighted by Crippen LogP contribution is 2.28. The van der Waals surface area contributed by atoms with Crippen LogP contribution in [0.4, 0.5) is 5.69 Å². The number of fused-ring (bicyclic) bond motifs is 1. The molecule has 0 atom stereocenters. The van der Waals surface area contributed by atoms with E-state index in [-0.39, 0.29) is 0 Å². The molecule has 2 aromatic rings. The van der Waals surface area contributed by atoms with Crippen molar-refractivity contribution in [1.82, 2.24) is 10.1 Å². The van der Waals surface area contributed by atoms with E-state index >= 15 is 0 Å². The van der Waals surface area contributed by atoms with E-state index in [1.807, 2.05) is 0 Å². The third-order valence-electron chi connectivity index (χ3n) is 3.29. The molecule has 4 heteroatoms. The fourth-order valence-corrected chi connectivity index (χ4v) is 2.23. The monoisotopic (exact) mass is 243 g/mol. The Morgan fingerprint density at radius 1 is 1.39 bits per heavy atom. The summed E-state index contributed by atoms with van der Waals surface area (Å²) in [5.74, 6) is 1.43. The van der Waals surface area contributed by atoms with Gasteiger partial charge in [-0.1, -0.05) is 24.6 Å². The van der Waals surface area contributed by atoms with E-state index in [4.69, 9.17) is 4.52 Å². The van der Waals surface area contributed by atoms with Crippen LogP contribution in [-0.4, -0.2) is 16.7 Å². The van der Waals surface area contributed by atoms with Gasteiger partial charge in [-0.05, 0) is 30.5 Å². The molecule has 18 heavy (non-hydrogen) atoms. The number of anilines is 1. The van der Waals surface area contributed by atoms with Crippen LogP contribution in [-0.2, 0) is 12.8 Å². The quantitative estimate of drug-likeness (QED) is 0.896. The molecule has 0 saturated carbocycles. The van der Waals surface area contributed by atoms with Crippen LogP contribution < -0.4 is 5.32 Å². The first kappa shape index (κ1) is 11.3. The van der Waals surface area contributed by atoms with Crippen LogP contribution in [0.5, 0.6) is 0 Å². The molecule has 1 aliphatic heterocycles. The van der Waals surface area contributed by atoms with Gasteiger partial charge in [0.25, 0.3) is 5.89 Å². The van der Waals surface area contributed by atoms with E-state index < -0.39 is 0 Å². The molecule has 3 rings (SSSR count). The van der Waals surface area contributed by atoms with Gasteiger partial charge < -0.3 is 9.84 Å². The average Bonchev–Trinajstić information content (AvgIpc) is 3.04. The molecule has 0 spiro atoms. The number of benzene rings is 1. The highest BCUT2D eigenvalue weighted by molar-refractivity contribution is 5.66. The van der Waals surface area contributed by atoms with Crippen molar-refractivity contribution in [3.8, 4) is 11.5 Å². The molecule has 2 heterocycles. The molecule has 1 aromatic heterocycles. The smallest absolute Gasteiger partial charge is 0.257 e. The van der Waals surface area contributed by atoms with Crippen LogP contribution >= 0.6 is 0 Å². The standard InChI is InChI=1S/C14H17N3O/c1-2-3-4-13-16-14(18-17-13)11-6-5-10-7-8-15-12(10)9-11/h5-6,9,15H,2-4,7-8H2,1H3. The van der Waals surface area contributed by atoms with E-state index in [2.05, 4.69) is 40.6 Å². The lowest BCUT2D eigenvalue weighted by molar-refractivity contribution is 0.421. The summed E-state index contributed by atoms with van der Waals surface area (Å²) < 4.78 is 5.32. The molecule has 0 saturated heterocycles. The highest BCUT2D eigenvalue weighted by Gasteiger charge is 2.14. The molecule has 1 aromatic carbocycles. The molecule has 1 aliphatic rings. The number of aryl methyl sites for hydroxylation is 1. The van der Waals surface area contributed by atoms with Gasteiger partial charge in [-0.3, -0.25) is 0 Å². The van der Waals surface area contributed by atoms with Gasteiger partial charge in [-0.2, -0.15) is 4.98 Å². The number of nitrogens with one attached hydrogen (secondary N) is 1. The van der Waals surface area contributed by atoms with Gasteiger partial charge in [-0.15, -0.1) is 0 Å². The molecule has 0 amide bonds. The predicted molar refractivity (Wildman–Crippen MR) is 70.5 cm³/mol. The van der Waals surface area contributed by atoms with Crippen molar-refractivity contribution in [1.29, 1.82) is 0 Å². The SMILES string of the molecule is CCCCc1noc(-c2ccc3c(c2)NCC3)n1. The Hall–Kier alpha value is -1.84. The van der Waals surface area contributed by atoms with E-state index in [9.17, 15) is 0 Å². The first-order valence-electron chi connectivity index (χ1n) is 6.56. The molecule has 0 radical (unpaired) electrons. The van der Waals surface area contributed by atoms with Crippen molar-refractivity contribution in [2.45, 2.75) is 32.6 Å². The summed E-state index contributed by atoms with van der Waals surface area (Å²) in [5, 5.41) is 7.38. The predicted octanol–water partition coefficient (Wildman–Crippen LogP) is 3.05. The van der Waals surface area contributed by atoms with Gasteiger partial charge in [0.05, 0.1) is 0 Å². The van der Waals surface area contributed by atoms with Crippen LogP contribution in [0.1, 0.15) is 31.2 Å². The van der Waals surface area contributed by atoms with Crippen molar-refractivity contribution < 1.29 is 4.52 Å². The topological polar surface area (TPSA) is 51.0 Å². The Balaban J connectivity index is 1.83. The minimum absolute atomic E-state index is 0.623. The average molecular weight is 243 g/mol. The lowest BCUT2D eigenvalue weighted by atomic mass is 10.1. The van der Waals surface area contributed by atoms with Crippen molar-refractivity contribution in [3.63, 3.8) is 0 Å². The highest BCUT2D eigenvalue weighted by atomic mass is 16.5. The summed E-state index contributed by atoms with van der Waals surface area (Å²) in [6.45, 7) is 3.18. The van der Waals surface area contributed by atoms with Gasteiger partial charge in [0, 0.05) is 24.2 Å². The first-order chi connectivity index (χ1) is 8.86. The largest absolute Gasteiger partial charge is 0.384 e. The van der Waals surface area contributed by atoms with Gasteiger partial charge in [0.15, 0.2) is 5.82 Å². The molecule has 1 N–H and O–H groups in total. The van der Waals surface area contributed by atoms with Gasteiger partial charge in [0.2, 0.25) is 0 Å². The Morgan fingerprint density at radius 2 is 2.33 bits per heavy atom. The fraction of sp³-hybridized carbons (Fsp3) is 0.429. The van der Waals surface area contributed by atoms with Crippen LogP contribution in [0.2, 0.25) is 0 Å². The van der Waals surface area contributed by atoms with Crippen molar-refractivity contribution in [2.24, 2.45) is 0 Å². The molecular weight excluding hydrogens is 226 g/mol. The number of unbranched alkanes of at least 4 members (excludes halogenated alkanes) is 1. The van der Waals surface area contributed by atoms with Crippen molar-refractivity contribution >= 4 is 5.69 Å². The fourth-order valence-electron chi connectivity index (χ4n) is 2.23. The third-order valence-corrected chi connectivity index (χ3v) is 3.29. The zero-order chi connectivity index (χ0) is 12.4. The maximum absolute atomic E-state index is 5.32. The van der Waals surface area contributed by atoms with Crippen LogP contribution in [0.3, 0.4) is 0 Å². The summed E-state index contributed by atoms with van der Waals surface area (Å²) >= 11 is 0. The van der Waals surface area contributed by atoms with Crippen LogP contribution in [0.15, 0.2) is 22.7 Å². The van der Waals surface area contributed by atoms with Gasteiger partial charge in [0.1, 0.15) is 0 Å². The number of hydrogen-bond donors (Lipinski definition) is 1. The molecule has 4 nitrogen and oxygen atoms in total. The normalized spacial score (nSPS) is 13.4. The number of rotatable bonds is 4. The third kappa shape index (κ3) is 2.10. The minimum Gasteiger partial charge on any atom is -0.384 e. The van der Waals surface area contributed by atoms with Gasteiger partial charge >= 0.3 is 0 Å². The maximum Gasteiger partial charge on any atom is 0.257 e. The summed E-state index contributed by atoms with van der Waals surface area (Å²) in [7, 11) is 0. The summed E-state index contributed by atoms with van der Waals surface area (Å²) in [6, 6.07) is 6.29. The molecule has 0 bridgehead atoms. The Kier molecular flexibility index (Phi) is 3.00. The number of hydrogen-bond acceptors (Lipinski definition) is 4. The first-order valence-corrected chi connectivity index (χ1v) is 6.56. The molecule has 0 fully saturated rings. The van der Waals surface area contributed by atoms with E-state index in [1.54, 1.807) is 0 Å². The zero-order valence-electron chi connectivity index (χ0n) is 10.6. The molecule has 94 valence electrons. The van der Waals surface area contributed by atoms with Gasteiger partial charge in [-0.25, -0.2) is 0 Å². The van der Waals surface area contributed by atoms with E-state index in [0.717, 1.165) is 43.6 Å². The molecule has 0 aliphatic carbocycles. The maximum atomic E-state index is 5.32. The van der Waals surface area contributed by atoms with Crippen LogP contribution in [0.25, 0.3) is 11.5 Å². The summed E-state index contributed by atoms with van der Waals surface area (Å²) in [5.41, 5.74) is 3.56. The van der Waals surface area contributed by atoms with Crippen LogP contribution in [0, 0.1) is 0 Å². The minimum atomic E-state index is 0.623. The summed E-state index contributed by atoms with van der Waals surface area (Å²) in [6.07, 6.45) is 4.24. The molecule has 0 unspecified atom stereocenters. The second kappa shape index (κ2) is 4.80. The number of aromatic nitrogens is 2. The number of nitrogens with zero attached hydrogens (tertiary/aromatic N) is 2. The van der Waals surface area contributed by atoms with E-state index in [0.29, 0.717) is 5.89 Å². The summed E-state index contributed by atoms with van der Waals surface area (Å²) in [4.78, 5) is 4.44. The Bertz CT molecular complexity index is 548. The van der Waals surface area contributed by atoms with Crippen molar-refractivity contribution in [2.75, 3.05) is 11.9 Å². The van der Waals surface area contributed by atoms with E-state index in [1.165, 1.54) is 11.3 Å². The van der Waals surface area contributed by atoms with Crippen molar-refractivity contribution in [3.05, 3.63) is 29.6 Å². The second-order valence-corrected chi connectivity index (χ2v) is 4.67. The Labute approximate surface area is 106 Å². The lowest BCUT2D eigenvalue weighted by Crippen LogP contribution is -1.91. The molecular formula is C14H17N3O. The second-order valence-electron chi connectivity index (χ2n) is 4.67. The lowest BCUT2D eigenvalue weighted by Gasteiger charge is -2.00. The Morgan fingerprint density at radius 3 is 3.22 bits per heavy atom. The zero-order valence-corrected chi connectivity index (χ0v) is 10.6.